The van der Waals surface area contributed by atoms with Crippen LogP contribution in [-0.2, 0) is 4.74 Å². The first-order valence-electron chi connectivity index (χ1n) is 6.31. The number of anilines is 1. The van der Waals surface area contributed by atoms with E-state index in [2.05, 4.69) is 32.9 Å². The van der Waals surface area contributed by atoms with Crippen LogP contribution in [-0.4, -0.2) is 33.4 Å². The van der Waals surface area contributed by atoms with Crippen molar-refractivity contribution < 1.29 is 4.74 Å². The quantitative estimate of drug-likeness (QED) is 0.609. The molecule has 0 atom stereocenters. The lowest BCUT2D eigenvalue weighted by atomic mass is 10.1. The Kier molecular flexibility index (Phi) is 4.97. The monoisotopic (exact) mass is 237 g/mol. The number of hydrogen-bond donors (Lipinski definition) is 1. The predicted molar refractivity (Wildman–Crippen MR) is 75.2 cm³/mol. The molecule has 1 aromatic carbocycles. The first kappa shape index (κ1) is 14.0. The summed E-state index contributed by atoms with van der Waals surface area (Å²) in [5, 5.41) is 0. The van der Waals surface area contributed by atoms with Crippen molar-refractivity contribution in [3.63, 3.8) is 0 Å². The van der Waals surface area contributed by atoms with Crippen molar-refractivity contribution in [1.82, 2.24) is 4.48 Å². The van der Waals surface area contributed by atoms with E-state index < -0.39 is 0 Å². The Bertz CT molecular complexity index is 359. The molecule has 0 fully saturated rings. The van der Waals surface area contributed by atoms with Crippen LogP contribution in [0.15, 0.2) is 18.2 Å². The Hall–Kier alpha value is -1.06. The second-order valence-corrected chi connectivity index (χ2v) is 4.53. The smallest absolute Gasteiger partial charge is 0.133 e. The molecule has 3 nitrogen and oxygen atoms in total. The maximum absolute atomic E-state index is 5.88. The summed E-state index contributed by atoms with van der Waals surface area (Å²) in [5.74, 6) is 0. The highest BCUT2D eigenvalue weighted by atomic mass is 16.5. The fourth-order valence-corrected chi connectivity index (χ4v) is 2.26. The van der Waals surface area contributed by atoms with Gasteiger partial charge in [-0.3, -0.25) is 4.48 Å². The lowest BCUT2D eigenvalue weighted by molar-refractivity contribution is 0.155. The van der Waals surface area contributed by atoms with E-state index in [9.17, 15) is 0 Å². The average Bonchev–Trinajstić information content (AvgIpc) is 2.35. The normalized spacial score (nSPS) is 11.8. The van der Waals surface area contributed by atoms with Crippen LogP contribution in [0.25, 0.3) is 0 Å². The molecular weight excluding hydrogens is 212 g/mol. The minimum atomic E-state index is 0.783. The average molecular weight is 237 g/mol. The van der Waals surface area contributed by atoms with E-state index in [1.54, 1.807) is 7.11 Å². The van der Waals surface area contributed by atoms with Crippen molar-refractivity contribution in [2.75, 3.05) is 39.1 Å². The minimum absolute atomic E-state index is 0.783. The molecule has 0 aliphatic carbocycles. The fourth-order valence-electron chi connectivity index (χ4n) is 2.26. The molecule has 3 heteroatoms. The number of nitrogen functional groups attached to an aromatic ring is 1. The van der Waals surface area contributed by atoms with Crippen LogP contribution in [0.1, 0.15) is 19.4 Å². The number of benzene rings is 1. The highest BCUT2D eigenvalue weighted by Gasteiger charge is 2.26. The molecule has 0 aliphatic heterocycles. The van der Waals surface area contributed by atoms with Crippen LogP contribution in [0.2, 0.25) is 0 Å². The van der Waals surface area contributed by atoms with E-state index in [-0.39, 0.29) is 0 Å². The molecule has 0 heterocycles. The van der Waals surface area contributed by atoms with E-state index in [0.29, 0.717) is 0 Å². The molecule has 0 bridgehead atoms. The van der Waals surface area contributed by atoms with Crippen LogP contribution in [0, 0.1) is 6.92 Å². The number of nitrogens with two attached hydrogens (primary N) is 1. The van der Waals surface area contributed by atoms with Gasteiger partial charge in [0.1, 0.15) is 12.2 Å². The number of rotatable bonds is 6. The third-order valence-corrected chi connectivity index (χ3v) is 3.74. The molecule has 0 amide bonds. The Morgan fingerprint density at radius 1 is 1.24 bits per heavy atom. The molecule has 0 aliphatic rings. The molecule has 96 valence electrons. The molecular formula is C14H25N2O+. The Labute approximate surface area is 105 Å². The number of nitrogens with zero attached hydrogens (tertiary/aromatic N) is 1. The van der Waals surface area contributed by atoms with Gasteiger partial charge in [-0.1, -0.05) is 0 Å². The van der Waals surface area contributed by atoms with Crippen molar-refractivity contribution in [3.05, 3.63) is 23.8 Å². The van der Waals surface area contributed by atoms with Crippen molar-refractivity contribution in [2.45, 2.75) is 20.8 Å². The van der Waals surface area contributed by atoms with E-state index in [1.807, 2.05) is 6.07 Å². The Morgan fingerprint density at radius 2 is 1.88 bits per heavy atom. The molecule has 0 saturated carbocycles. The number of ether oxygens (including phenoxy) is 1. The van der Waals surface area contributed by atoms with Gasteiger partial charge < -0.3 is 10.5 Å². The zero-order chi connectivity index (χ0) is 12.9. The van der Waals surface area contributed by atoms with Crippen molar-refractivity contribution in [3.8, 4) is 0 Å². The summed E-state index contributed by atoms with van der Waals surface area (Å²) < 4.78 is 6.19. The Morgan fingerprint density at radius 3 is 2.35 bits per heavy atom. The van der Waals surface area contributed by atoms with Gasteiger partial charge in [0.05, 0.1) is 19.7 Å². The summed E-state index contributed by atoms with van der Waals surface area (Å²) in [6.07, 6.45) is 0. The van der Waals surface area contributed by atoms with E-state index in [1.165, 1.54) is 5.69 Å². The highest BCUT2D eigenvalue weighted by Crippen LogP contribution is 2.26. The number of quaternary nitrogens is 1. The lowest BCUT2D eigenvalue weighted by Gasteiger charge is -2.36. The van der Waals surface area contributed by atoms with E-state index >= 15 is 0 Å². The molecule has 0 aromatic heterocycles. The molecule has 1 aromatic rings. The van der Waals surface area contributed by atoms with Gasteiger partial charge in [-0.25, -0.2) is 0 Å². The van der Waals surface area contributed by atoms with Gasteiger partial charge in [-0.05, 0) is 32.4 Å². The lowest BCUT2D eigenvalue weighted by Crippen LogP contribution is -2.51. The van der Waals surface area contributed by atoms with E-state index in [4.69, 9.17) is 10.5 Å². The van der Waals surface area contributed by atoms with Crippen molar-refractivity contribution in [1.29, 1.82) is 0 Å². The Balaban J connectivity index is 3.07. The summed E-state index contributed by atoms with van der Waals surface area (Å²) in [6.45, 7) is 10.5. The standard InChI is InChI=1S/C14H25N2O/c1-5-16(6-2,9-10-17-4)13-7-8-14(15)12(3)11-13/h7-8,11H,5-6,9-10,15H2,1-4H3/q+1. The van der Waals surface area contributed by atoms with Crippen molar-refractivity contribution in [2.24, 2.45) is 0 Å². The molecule has 1 rings (SSSR count). The summed E-state index contributed by atoms with van der Waals surface area (Å²) in [6, 6.07) is 6.36. The first-order valence-corrected chi connectivity index (χ1v) is 6.31. The molecule has 0 saturated heterocycles. The third kappa shape index (κ3) is 2.99. The summed E-state index contributed by atoms with van der Waals surface area (Å²) >= 11 is 0. The van der Waals surface area contributed by atoms with Crippen LogP contribution in [0.5, 0.6) is 0 Å². The third-order valence-electron chi connectivity index (χ3n) is 3.74. The number of likely N-dealkylation sites (N-methyl/N-ethyl adjacent to an activating group) is 1. The summed E-state index contributed by atoms with van der Waals surface area (Å²) in [5.41, 5.74) is 9.24. The van der Waals surface area contributed by atoms with Gasteiger partial charge in [0.15, 0.2) is 0 Å². The minimum Gasteiger partial charge on any atom is -0.399 e. The SMILES string of the molecule is CC[N+](CC)(CCOC)c1ccc(N)c(C)c1. The molecule has 0 unspecified atom stereocenters. The van der Waals surface area contributed by atoms with Gasteiger partial charge in [0, 0.05) is 24.9 Å². The van der Waals surface area contributed by atoms with Crippen LogP contribution >= 0.6 is 0 Å². The summed E-state index contributed by atoms with van der Waals surface area (Å²) in [7, 11) is 1.76. The maximum Gasteiger partial charge on any atom is 0.133 e. The highest BCUT2D eigenvalue weighted by molar-refractivity contribution is 5.56. The molecule has 0 radical (unpaired) electrons. The van der Waals surface area contributed by atoms with E-state index in [0.717, 1.165) is 42.0 Å². The van der Waals surface area contributed by atoms with Crippen LogP contribution in [0.3, 0.4) is 0 Å². The second-order valence-electron chi connectivity index (χ2n) is 4.53. The predicted octanol–water partition coefficient (Wildman–Crippen LogP) is 2.57. The van der Waals surface area contributed by atoms with Gasteiger partial charge >= 0.3 is 0 Å². The molecule has 0 spiro atoms. The maximum atomic E-state index is 5.88. The number of methoxy groups -OCH3 is 1. The number of aryl methyl sites for hydroxylation is 1. The van der Waals surface area contributed by atoms with Crippen molar-refractivity contribution >= 4 is 11.4 Å². The molecule has 17 heavy (non-hydrogen) atoms. The van der Waals surface area contributed by atoms with Gasteiger partial charge in [-0.15, -0.1) is 0 Å². The van der Waals surface area contributed by atoms with Crippen LogP contribution in [0.4, 0.5) is 11.4 Å². The van der Waals surface area contributed by atoms with Crippen LogP contribution < -0.4 is 10.2 Å². The van der Waals surface area contributed by atoms with Gasteiger partial charge in [0.2, 0.25) is 0 Å². The topological polar surface area (TPSA) is 35.2 Å². The van der Waals surface area contributed by atoms with Gasteiger partial charge in [-0.2, -0.15) is 0 Å². The largest absolute Gasteiger partial charge is 0.399 e. The number of hydrogen-bond acceptors (Lipinski definition) is 2. The first-order chi connectivity index (χ1) is 8.09. The fraction of sp³-hybridized carbons (Fsp3) is 0.571. The zero-order valence-electron chi connectivity index (χ0n) is 11.5. The van der Waals surface area contributed by atoms with Gasteiger partial charge in [0.25, 0.3) is 0 Å². The second kappa shape index (κ2) is 6.03. The summed E-state index contributed by atoms with van der Waals surface area (Å²) in [4.78, 5) is 0. The molecule has 2 N–H and O–H groups in total. The zero-order valence-corrected chi connectivity index (χ0v) is 11.5.